The summed E-state index contributed by atoms with van der Waals surface area (Å²) in [5.41, 5.74) is 0.414. The Balaban J connectivity index is 1.33. The topological polar surface area (TPSA) is 69.6 Å². The van der Waals surface area contributed by atoms with Gasteiger partial charge in [-0.15, -0.1) is 11.3 Å². The van der Waals surface area contributed by atoms with Crippen LogP contribution in [-0.4, -0.2) is 41.5 Å². The molecule has 156 valence electrons. The molecule has 0 bridgehead atoms. The number of fused-ring (bicyclic) bond motifs is 1. The Morgan fingerprint density at radius 1 is 1.20 bits per heavy atom. The largest absolute Gasteiger partial charge is 0.386 e. The number of halogens is 1. The van der Waals surface area contributed by atoms with E-state index in [1.807, 2.05) is 30.3 Å². The maximum Gasteiger partial charge on any atom is 0.253 e. The van der Waals surface area contributed by atoms with Crippen LogP contribution in [0.25, 0.3) is 10.1 Å². The Morgan fingerprint density at radius 2 is 1.97 bits per heavy atom. The van der Waals surface area contributed by atoms with Crippen LogP contribution < -0.4 is 5.32 Å². The van der Waals surface area contributed by atoms with E-state index in [2.05, 4.69) is 5.32 Å². The normalized spacial score (nSPS) is 17.7. The molecule has 4 rings (SSSR count). The number of hydrogen-bond acceptors (Lipinski definition) is 4. The van der Waals surface area contributed by atoms with E-state index in [4.69, 9.17) is 0 Å². The summed E-state index contributed by atoms with van der Waals surface area (Å²) in [6, 6.07) is 15.3. The lowest BCUT2D eigenvalue weighted by Crippen LogP contribution is -2.46. The first-order valence-corrected chi connectivity index (χ1v) is 10.8. The van der Waals surface area contributed by atoms with Crippen molar-refractivity contribution in [2.24, 2.45) is 5.92 Å². The summed E-state index contributed by atoms with van der Waals surface area (Å²) in [5.74, 6) is -1.07. The molecule has 2 amide bonds. The van der Waals surface area contributed by atoms with Crippen LogP contribution in [0, 0.1) is 11.7 Å². The molecule has 2 aromatic carbocycles. The zero-order valence-corrected chi connectivity index (χ0v) is 17.2. The minimum Gasteiger partial charge on any atom is -0.386 e. The predicted octanol–water partition coefficient (Wildman–Crippen LogP) is 3.74. The molecule has 1 fully saturated rings. The molecule has 1 aliphatic rings. The minimum atomic E-state index is -0.771. The number of hydrogen-bond donors (Lipinski definition) is 2. The lowest BCUT2D eigenvalue weighted by molar-refractivity contribution is -0.126. The smallest absolute Gasteiger partial charge is 0.253 e. The Kier molecular flexibility index (Phi) is 6.11. The van der Waals surface area contributed by atoms with Crippen molar-refractivity contribution in [3.05, 3.63) is 70.9 Å². The quantitative estimate of drug-likeness (QED) is 0.653. The highest BCUT2D eigenvalue weighted by Gasteiger charge is 2.29. The van der Waals surface area contributed by atoms with E-state index in [0.29, 0.717) is 25.1 Å². The van der Waals surface area contributed by atoms with Crippen molar-refractivity contribution in [1.82, 2.24) is 10.2 Å². The number of likely N-dealkylation sites (tertiary alicyclic amines) is 1. The highest BCUT2D eigenvalue weighted by Crippen LogP contribution is 2.29. The van der Waals surface area contributed by atoms with E-state index in [1.54, 1.807) is 4.90 Å². The molecule has 0 radical (unpaired) electrons. The molecule has 0 saturated carbocycles. The molecule has 2 atom stereocenters. The van der Waals surface area contributed by atoms with E-state index >= 15 is 0 Å². The molecule has 2 heterocycles. The first kappa shape index (κ1) is 20.5. The molecule has 2 N–H and O–H groups in total. The van der Waals surface area contributed by atoms with Gasteiger partial charge in [0.05, 0.1) is 5.92 Å². The second kappa shape index (κ2) is 8.93. The van der Waals surface area contributed by atoms with E-state index in [-0.39, 0.29) is 30.1 Å². The van der Waals surface area contributed by atoms with Crippen molar-refractivity contribution >= 4 is 33.2 Å². The highest BCUT2D eigenvalue weighted by molar-refractivity contribution is 7.19. The number of aliphatic hydroxyl groups excluding tert-OH is 1. The monoisotopic (exact) mass is 426 g/mol. The summed E-state index contributed by atoms with van der Waals surface area (Å²) >= 11 is 1.51. The Bertz CT molecular complexity index is 1020. The van der Waals surface area contributed by atoms with Crippen LogP contribution in [0.3, 0.4) is 0 Å². The lowest BCUT2D eigenvalue weighted by Gasteiger charge is -2.32. The van der Waals surface area contributed by atoms with Gasteiger partial charge in [-0.2, -0.15) is 0 Å². The van der Waals surface area contributed by atoms with Gasteiger partial charge in [-0.25, -0.2) is 4.39 Å². The van der Waals surface area contributed by atoms with Crippen molar-refractivity contribution < 1.29 is 19.1 Å². The second-order valence-electron chi connectivity index (χ2n) is 7.54. The summed E-state index contributed by atoms with van der Waals surface area (Å²) in [6.07, 6.45) is 0.647. The first-order chi connectivity index (χ1) is 14.5. The van der Waals surface area contributed by atoms with Gasteiger partial charge in [0.15, 0.2) is 0 Å². The average Bonchev–Trinajstić information content (AvgIpc) is 3.22. The molecule has 1 saturated heterocycles. The fourth-order valence-corrected chi connectivity index (χ4v) is 4.81. The summed E-state index contributed by atoms with van der Waals surface area (Å²) in [5, 5.41) is 14.4. The average molecular weight is 427 g/mol. The number of nitrogens with one attached hydrogen (secondary N) is 1. The maximum absolute atomic E-state index is 13.1. The molecule has 0 aliphatic carbocycles. The maximum atomic E-state index is 13.1. The van der Waals surface area contributed by atoms with Crippen LogP contribution in [0.15, 0.2) is 54.6 Å². The van der Waals surface area contributed by atoms with Gasteiger partial charge >= 0.3 is 0 Å². The molecule has 0 unspecified atom stereocenters. The number of piperidine rings is 1. The third-order valence-electron chi connectivity index (χ3n) is 5.41. The van der Waals surface area contributed by atoms with Crippen LogP contribution in [0.4, 0.5) is 4.39 Å². The lowest BCUT2D eigenvalue weighted by atomic mass is 9.96. The van der Waals surface area contributed by atoms with Gasteiger partial charge in [0.25, 0.3) is 5.91 Å². The molecule has 5 nitrogen and oxygen atoms in total. The Morgan fingerprint density at radius 3 is 2.73 bits per heavy atom. The summed E-state index contributed by atoms with van der Waals surface area (Å²) in [4.78, 5) is 27.8. The van der Waals surface area contributed by atoms with E-state index in [9.17, 15) is 19.1 Å². The molecule has 3 aromatic rings. The zero-order chi connectivity index (χ0) is 21.1. The standard InChI is InChI=1S/C23H23FN2O3S/c24-18-9-7-15(8-10-18)23(29)26-11-3-5-17(14-26)22(28)25-13-19(27)21-12-16-4-1-2-6-20(16)30-21/h1-2,4,6-10,12,17,19,27H,3,5,11,13-14H2,(H,25,28)/t17-,19-/m1/s1. The molecular formula is C23H23FN2O3S. The van der Waals surface area contributed by atoms with Crippen LogP contribution >= 0.6 is 11.3 Å². The van der Waals surface area contributed by atoms with Gasteiger partial charge in [0, 0.05) is 34.8 Å². The summed E-state index contributed by atoms with van der Waals surface area (Å²) in [7, 11) is 0. The van der Waals surface area contributed by atoms with Crippen molar-refractivity contribution in [3.8, 4) is 0 Å². The van der Waals surface area contributed by atoms with Crippen LogP contribution in [0.5, 0.6) is 0 Å². The van der Waals surface area contributed by atoms with Gasteiger partial charge in [0.2, 0.25) is 5.91 Å². The summed E-state index contributed by atoms with van der Waals surface area (Å²) < 4.78 is 14.2. The van der Waals surface area contributed by atoms with Gasteiger partial charge in [-0.3, -0.25) is 9.59 Å². The minimum absolute atomic E-state index is 0.133. The van der Waals surface area contributed by atoms with E-state index in [1.165, 1.54) is 35.6 Å². The molecule has 1 aromatic heterocycles. The molecule has 30 heavy (non-hydrogen) atoms. The number of carbonyl (C=O) groups is 2. The second-order valence-corrected chi connectivity index (χ2v) is 8.66. The molecule has 0 spiro atoms. The van der Waals surface area contributed by atoms with Crippen LogP contribution in [0.1, 0.15) is 34.2 Å². The first-order valence-electron chi connectivity index (χ1n) is 10.0. The highest BCUT2D eigenvalue weighted by atomic mass is 32.1. The van der Waals surface area contributed by atoms with Gasteiger partial charge < -0.3 is 15.3 Å². The van der Waals surface area contributed by atoms with Gasteiger partial charge in [0.1, 0.15) is 11.9 Å². The van der Waals surface area contributed by atoms with E-state index in [0.717, 1.165) is 21.4 Å². The molecule has 1 aliphatic heterocycles. The third kappa shape index (κ3) is 4.52. The van der Waals surface area contributed by atoms with Crippen molar-refractivity contribution in [1.29, 1.82) is 0 Å². The van der Waals surface area contributed by atoms with Gasteiger partial charge in [-0.05, 0) is 54.6 Å². The Labute approximate surface area is 178 Å². The number of aliphatic hydroxyl groups is 1. The summed E-state index contributed by atoms with van der Waals surface area (Å²) in [6.45, 7) is 1.03. The molecular weight excluding hydrogens is 403 g/mol. The number of nitrogens with zero attached hydrogens (tertiary/aromatic N) is 1. The number of amides is 2. The predicted molar refractivity (Wildman–Crippen MR) is 115 cm³/mol. The molecule has 7 heteroatoms. The van der Waals surface area contributed by atoms with Gasteiger partial charge in [-0.1, -0.05) is 18.2 Å². The third-order valence-corrected chi connectivity index (χ3v) is 6.63. The fourth-order valence-electron chi connectivity index (χ4n) is 3.76. The van der Waals surface area contributed by atoms with Crippen LogP contribution in [-0.2, 0) is 4.79 Å². The number of thiophene rings is 1. The Hall–Kier alpha value is -2.77. The number of benzene rings is 2. The van der Waals surface area contributed by atoms with Crippen molar-refractivity contribution in [3.63, 3.8) is 0 Å². The number of carbonyl (C=O) groups excluding carboxylic acids is 2. The fraction of sp³-hybridized carbons (Fsp3) is 0.304. The zero-order valence-electron chi connectivity index (χ0n) is 16.4. The number of rotatable bonds is 5. The van der Waals surface area contributed by atoms with E-state index < -0.39 is 6.10 Å². The van der Waals surface area contributed by atoms with Crippen molar-refractivity contribution in [2.45, 2.75) is 18.9 Å². The van der Waals surface area contributed by atoms with Crippen molar-refractivity contribution in [2.75, 3.05) is 19.6 Å². The van der Waals surface area contributed by atoms with Crippen LogP contribution in [0.2, 0.25) is 0 Å². The SMILES string of the molecule is O=C(NC[C@@H](O)c1cc2ccccc2s1)[C@@H]1CCCN(C(=O)c2ccc(F)cc2)C1.